The van der Waals surface area contributed by atoms with Crippen LogP contribution in [0.25, 0.3) is 0 Å². The highest BCUT2D eigenvalue weighted by atomic mass is 35.5. The van der Waals surface area contributed by atoms with E-state index in [0.717, 1.165) is 12.1 Å². The van der Waals surface area contributed by atoms with Gasteiger partial charge in [-0.15, -0.1) is 0 Å². The summed E-state index contributed by atoms with van der Waals surface area (Å²) in [5.74, 6) is -1.22. The maximum absolute atomic E-state index is 12.3. The van der Waals surface area contributed by atoms with Crippen LogP contribution in [0.1, 0.15) is 15.9 Å². The van der Waals surface area contributed by atoms with Crippen LogP contribution in [0, 0.1) is 0 Å². The molecular formula is C8H4ClF3O2. The molecular weight excluding hydrogens is 221 g/mol. The third kappa shape index (κ3) is 2.17. The molecule has 0 fully saturated rings. The van der Waals surface area contributed by atoms with E-state index in [9.17, 15) is 18.0 Å². The van der Waals surface area contributed by atoms with Crippen molar-refractivity contribution in [1.29, 1.82) is 0 Å². The Morgan fingerprint density at radius 1 is 1.29 bits per heavy atom. The second-order valence-electron chi connectivity index (χ2n) is 2.41. The lowest BCUT2D eigenvalue weighted by Gasteiger charge is -2.09. The van der Waals surface area contributed by atoms with Crippen molar-refractivity contribution in [2.24, 2.45) is 0 Å². The van der Waals surface area contributed by atoms with Crippen LogP contribution in [0.2, 0.25) is 0 Å². The van der Waals surface area contributed by atoms with E-state index in [4.69, 9.17) is 11.9 Å². The maximum Gasteiger partial charge on any atom is 0.417 e. The Kier molecular flexibility index (Phi) is 3.00. The molecule has 0 heterocycles. The quantitative estimate of drug-likeness (QED) is 0.733. The summed E-state index contributed by atoms with van der Waals surface area (Å²) >= 11 is 4.69. The molecule has 1 aromatic carbocycles. The second-order valence-corrected chi connectivity index (χ2v) is 2.56. The summed E-state index contributed by atoms with van der Waals surface area (Å²) in [7, 11) is 0. The Morgan fingerprint density at radius 3 is 2.36 bits per heavy atom. The van der Waals surface area contributed by atoms with Crippen molar-refractivity contribution in [1.82, 2.24) is 0 Å². The van der Waals surface area contributed by atoms with E-state index in [2.05, 4.69) is 4.29 Å². The van der Waals surface area contributed by atoms with Crippen LogP contribution >= 0.6 is 11.9 Å². The Morgan fingerprint density at radius 2 is 1.86 bits per heavy atom. The third-order valence-electron chi connectivity index (χ3n) is 1.52. The number of halogens is 4. The molecule has 0 saturated carbocycles. The van der Waals surface area contributed by atoms with Gasteiger partial charge in [0, 0.05) is 0 Å². The van der Waals surface area contributed by atoms with Gasteiger partial charge in [-0.3, -0.25) is 0 Å². The average molecular weight is 225 g/mol. The first-order valence-electron chi connectivity index (χ1n) is 3.46. The molecule has 0 atom stereocenters. The topological polar surface area (TPSA) is 26.3 Å². The molecule has 1 rings (SSSR count). The predicted molar refractivity (Wildman–Crippen MR) is 42.7 cm³/mol. The maximum atomic E-state index is 12.3. The lowest BCUT2D eigenvalue weighted by Crippen LogP contribution is -2.12. The Hall–Kier alpha value is -1.23. The molecule has 0 aliphatic heterocycles. The zero-order chi connectivity index (χ0) is 10.8. The highest BCUT2D eigenvalue weighted by Crippen LogP contribution is 2.32. The predicted octanol–water partition coefficient (Wildman–Crippen LogP) is 3.02. The van der Waals surface area contributed by atoms with Gasteiger partial charge < -0.3 is 4.29 Å². The van der Waals surface area contributed by atoms with Gasteiger partial charge in [-0.1, -0.05) is 12.1 Å². The molecule has 14 heavy (non-hydrogen) atoms. The molecule has 0 saturated heterocycles. The van der Waals surface area contributed by atoms with Gasteiger partial charge in [-0.05, 0) is 12.1 Å². The van der Waals surface area contributed by atoms with E-state index in [0.29, 0.717) is 0 Å². The molecule has 6 heteroatoms. The van der Waals surface area contributed by atoms with Crippen LogP contribution in [0.3, 0.4) is 0 Å². The van der Waals surface area contributed by atoms with E-state index >= 15 is 0 Å². The normalized spacial score (nSPS) is 11.1. The van der Waals surface area contributed by atoms with Gasteiger partial charge in [0.2, 0.25) is 0 Å². The zero-order valence-electron chi connectivity index (χ0n) is 6.64. The van der Waals surface area contributed by atoms with Crippen LogP contribution in [-0.4, -0.2) is 5.97 Å². The molecule has 0 bridgehead atoms. The molecule has 0 aliphatic rings. The van der Waals surface area contributed by atoms with Gasteiger partial charge in [0.1, 0.15) is 11.9 Å². The lowest BCUT2D eigenvalue weighted by molar-refractivity contribution is -0.138. The highest BCUT2D eigenvalue weighted by Gasteiger charge is 2.35. The third-order valence-corrected chi connectivity index (χ3v) is 1.66. The molecule has 0 aliphatic carbocycles. The standard InChI is InChI=1S/C8H4ClF3O2/c9-14-7(13)5-3-1-2-4-6(5)8(10,11)12/h1-4H. The number of carbonyl (C=O) groups excluding carboxylic acids is 1. The van der Waals surface area contributed by atoms with Crippen molar-refractivity contribution in [3.05, 3.63) is 35.4 Å². The van der Waals surface area contributed by atoms with Crippen LogP contribution in [0.5, 0.6) is 0 Å². The average Bonchev–Trinajstić information content (AvgIpc) is 2.15. The van der Waals surface area contributed by atoms with Crippen molar-refractivity contribution >= 4 is 17.8 Å². The number of rotatable bonds is 1. The summed E-state index contributed by atoms with van der Waals surface area (Å²) in [6.07, 6.45) is -4.60. The van der Waals surface area contributed by atoms with E-state index in [1.54, 1.807) is 0 Å². The molecule has 2 nitrogen and oxygen atoms in total. The first-order chi connectivity index (χ1) is 6.46. The van der Waals surface area contributed by atoms with Crippen molar-refractivity contribution in [3.8, 4) is 0 Å². The fourth-order valence-electron chi connectivity index (χ4n) is 0.950. The van der Waals surface area contributed by atoms with Gasteiger partial charge >= 0.3 is 12.1 Å². The van der Waals surface area contributed by atoms with Crippen molar-refractivity contribution < 1.29 is 22.3 Å². The monoisotopic (exact) mass is 224 g/mol. The molecule has 0 radical (unpaired) electrons. The Labute approximate surface area is 82.4 Å². The summed E-state index contributed by atoms with van der Waals surface area (Å²) in [6.45, 7) is 0. The smallest absolute Gasteiger partial charge is 0.343 e. The lowest BCUT2D eigenvalue weighted by atomic mass is 10.1. The summed E-state index contributed by atoms with van der Waals surface area (Å²) < 4.78 is 40.6. The van der Waals surface area contributed by atoms with Crippen molar-refractivity contribution in [2.45, 2.75) is 6.18 Å². The molecule has 0 aromatic heterocycles. The number of hydrogen-bond donors (Lipinski definition) is 0. The van der Waals surface area contributed by atoms with Crippen LogP contribution in [0.15, 0.2) is 24.3 Å². The minimum absolute atomic E-state index is 0.602. The van der Waals surface area contributed by atoms with E-state index < -0.39 is 23.3 Å². The van der Waals surface area contributed by atoms with E-state index in [1.165, 1.54) is 12.1 Å². The second kappa shape index (κ2) is 3.88. The van der Waals surface area contributed by atoms with Gasteiger partial charge in [0.15, 0.2) is 0 Å². The number of alkyl halides is 3. The van der Waals surface area contributed by atoms with Gasteiger partial charge in [-0.2, -0.15) is 13.2 Å². The highest BCUT2D eigenvalue weighted by molar-refractivity contribution is 6.16. The Balaban J connectivity index is 3.23. The summed E-state index contributed by atoms with van der Waals surface area (Å²) in [6, 6.07) is 4.24. The van der Waals surface area contributed by atoms with Crippen molar-refractivity contribution in [3.63, 3.8) is 0 Å². The van der Waals surface area contributed by atoms with E-state index in [1.807, 2.05) is 0 Å². The number of benzene rings is 1. The van der Waals surface area contributed by atoms with Gasteiger partial charge in [-0.25, -0.2) is 4.79 Å². The first kappa shape index (κ1) is 10.8. The summed E-state index contributed by atoms with van der Waals surface area (Å²) in [5, 5.41) is 0. The zero-order valence-corrected chi connectivity index (χ0v) is 7.39. The minimum atomic E-state index is -4.60. The summed E-state index contributed by atoms with van der Waals surface area (Å²) in [5.41, 5.74) is -1.67. The fourth-order valence-corrected chi connectivity index (χ4v) is 1.03. The SMILES string of the molecule is O=C(OCl)c1ccccc1C(F)(F)F. The largest absolute Gasteiger partial charge is 0.417 e. The van der Waals surface area contributed by atoms with Gasteiger partial charge in [0.25, 0.3) is 0 Å². The molecule has 0 unspecified atom stereocenters. The minimum Gasteiger partial charge on any atom is -0.343 e. The Bertz CT molecular complexity index is 349. The van der Waals surface area contributed by atoms with Gasteiger partial charge in [0.05, 0.1) is 11.1 Å². The van der Waals surface area contributed by atoms with E-state index in [-0.39, 0.29) is 0 Å². The summed E-state index contributed by atoms with van der Waals surface area (Å²) in [4.78, 5) is 10.8. The van der Waals surface area contributed by atoms with Crippen LogP contribution in [-0.2, 0) is 10.5 Å². The first-order valence-corrected chi connectivity index (χ1v) is 3.77. The molecule has 76 valence electrons. The molecule has 0 spiro atoms. The van der Waals surface area contributed by atoms with Crippen LogP contribution < -0.4 is 0 Å². The van der Waals surface area contributed by atoms with Crippen LogP contribution in [0.4, 0.5) is 13.2 Å². The molecule has 0 amide bonds. The number of carbonyl (C=O) groups is 1. The fraction of sp³-hybridized carbons (Fsp3) is 0.125. The van der Waals surface area contributed by atoms with Crippen molar-refractivity contribution in [2.75, 3.05) is 0 Å². The molecule has 0 N–H and O–H groups in total. The molecule has 1 aromatic rings. The number of hydrogen-bond acceptors (Lipinski definition) is 2.